The van der Waals surface area contributed by atoms with Crippen molar-refractivity contribution >= 4 is 17.0 Å². The number of aromatic nitrogens is 1. The standard InChI is InChI=1S/C15H10F2N2S/c16-10-3-6-12(13(17)7-10)15-19-14(8-20-15)9-1-4-11(18)5-2-9/h1-8H,18H2. The van der Waals surface area contributed by atoms with Gasteiger partial charge in [0, 0.05) is 28.3 Å². The lowest BCUT2D eigenvalue weighted by molar-refractivity contribution is 0.585. The Hall–Kier alpha value is -2.27. The number of thiazole rings is 1. The molecule has 0 fully saturated rings. The molecule has 0 radical (unpaired) electrons. The lowest BCUT2D eigenvalue weighted by atomic mass is 10.1. The Morgan fingerprint density at radius 3 is 2.45 bits per heavy atom. The number of benzene rings is 2. The molecule has 5 heteroatoms. The molecule has 100 valence electrons. The van der Waals surface area contributed by atoms with E-state index >= 15 is 0 Å². The third kappa shape index (κ3) is 2.40. The van der Waals surface area contributed by atoms with E-state index in [-0.39, 0.29) is 0 Å². The van der Waals surface area contributed by atoms with Gasteiger partial charge in [0.2, 0.25) is 0 Å². The van der Waals surface area contributed by atoms with Crippen molar-refractivity contribution in [2.75, 3.05) is 5.73 Å². The monoisotopic (exact) mass is 288 g/mol. The Morgan fingerprint density at radius 1 is 1.00 bits per heavy atom. The molecule has 0 saturated carbocycles. The van der Waals surface area contributed by atoms with Gasteiger partial charge in [-0.2, -0.15) is 0 Å². The van der Waals surface area contributed by atoms with Crippen LogP contribution in [0.25, 0.3) is 21.8 Å². The van der Waals surface area contributed by atoms with Crippen LogP contribution in [0.2, 0.25) is 0 Å². The summed E-state index contributed by atoms with van der Waals surface area (Å²) in [5, 5.41) is 2.36. The van der Waals surface area contributed by atoms with Crippen LogP contribution in [0.15, 0.2) is 47.8 Å². The van der Waals surface area contributed by atoms with E-state index in [2.05, 4.69) is 4.98 Å². The van der Waals surface area contributed by atoms with Crippen LogP contribution in [0.4, 0.5) is 14.5 Å². The van der Waals surface area contributed by atoms with E-state index in [0.29, 0.717) is 16.3 Å². The van der Waals surface area contributed by atoms with Crippen LogP contribution < -0.4 is 5.73 Å². The number of rotatable bonds is 2. The molecule has 0 aliphatic rings. The molecule has 0 amide bonds. The van der Waals surface area contributed by atoms with Gasteiger partial charge in [0.1, 0.15) is 16.6 Å². The topological polar surface area (TPSA) is 38.9 Å². The van der Waals surface area contributed by atoms with Gasteiger partial charge in [-0.3, -0.25) is 0 Å². The molecule has 0 spiro atoms. The Bertz CT molecular complexity index is 751. The number of hydrogen-bond donors (Lipinski definition) is 1. The van der Waals surface area contributed by atoms with E-state index in [1.807, 2.05) is 17.5 Å². The van der Waals surface area contributed by atoms with Crippen molar-refractivity contribution in [2.45, 2.75) is 0 Å². The number of nitrogens with zero attached hydrogens (tertiary/aromatic N) is 1. The fourth-order valence-electron chi connectivity index (χ4n) is 1.85. The van der Waals surface area contributed by atoms with Crippen molar-refractivity contribution in [3.63, 3.8) is 0 Å². The predicted molar refractivity (Wildman–Crippen MR) is 77.3 cm³/mol. The van der Waals surface area contributed by atoms with Crippen LogP contribution in [-0.4, -0.2) is 4.98 Å². The Morgan fingerprint density at radius 2 is 1.75 bits per heavy atom. The summed E-state index contributed by atoms with van der Waals surface area (Å²) in [5.74, 6) is -1.20. The van der Waals surface area contributed by atoms with Crippen LogP contribution >= 0.6 is 11.3 Å². The van der Waals surface area contributed by atoms with E-state index in [0.717, 1.165) is 17.3 Å². The van der Waals surface area contributed by atoms with Gasteiger partial charge in [-0.25, -0.2) is 13.8 Å². The minimum Gasteiger partial charge on any atom is -0.399 e. The number of anilines is 1. The van der Waals surface area contributed by atoms with Crippen molar-refractivity contribution in [3.05, 3.63) is 59.5 Å². The molecule has 1 aromatic heterocycles. The first-order valence-corrected chi connectivity index (χ1v) is 6.78. The average molecular weight is 288 g/mol. The summed E-state index contributed by atoms with van der Waals surface area (Å²) in [4.78, 5) is 4.39. The maximum absolute atomic E-state index is 13.7. The zero-order valence-electron chi connectivity index (χ0n) is 10.3. The summed E-state index contributed by atoms with van der Waals surface area (Å²) in [7, 11) is 0. The summed E-state index contributed by atoms with van der Waals surface area (Å²) in [6, 6.07) is 10.8. The highest BCUT2D eigenvalue weighted by atomic mass is 32.1. The molecular formula is C15H10F2N2S. The molecular weight excluding hydrogens is 278 g/mol. The van der Waals surface area contributed by atoms with Gasteiger partial charge in [0.15, 0.2) is 0 Å². The third-order valence-corrected chi connectivity index (χ3v) is 3.75. The fraction of sp³-hybridized carbons (Fsp3) is 0. The van der Waals surface area contributed by atoms with Crippen molar-refractivity contribution in [2.24, 2.45) is 0 Å². The van der Waals surface area contributed by atoms with Gasteiger partial charge < -0.3 is 5.73 Å². The minimum absolute atomic E-state index is 0.304. The van der Waals surface area contributed by atoms with Crippen LogP contribution in [-0.2, 0) is 0 Å². The highest BCUT2D eigenvalue weighted by Gasteiger charge is 2.11. The number of nitrogen functional groups attached to an aromatic ring is 1. The average Bonchev–Trinajstić information content (AvgIpc) is 2.89. The molecule has 0 atom stereocenters. The van der Waals surface area contributed by atoms with Crippen molar-refractivity contribution in [1.29, 1.82) is 0 Å². The van der Waals surface area contributed by atoms with Crippen LogP contribution in [0.1, 0.15) is 0 Å². The first-order valence-electron chi connectivity index (χ1n) is 5.90. The summed E-state index contributed by atoms with van der Waals surface area (Å²) >= 11 is 1.32. The number of hydrogen-bond acceptors (Lipinski definition) is 3. The Kier molecular flexibility index (Phi) is 3.20. The second-order valence-electron chi connectivity index (χ2n) is 4.28. The van der Waals surface area contributed by atoms with Gasteiger partial charge in [0.25, 0.3) is 0 Å². The van der Waals surface area contributed by atoms with Gasteiger partial charge in [-0.1, -0.05) is 12.1 Å². The summed E-state index contributed by atoms with van der Waals surface area (Å²) in [6.45, 7) is 0. The molecule has 2 nitrogen and oxygen atoms in total. The quantitative estimate of drug-likeness (QED) is 0.712. The zero-order chi connectivity index (χ0) is 14.1. The number of halogens is 2. The zero-order valence-corrected chi connectivity index (χ0v) is 11.1. The van der Waals surface area contributed by atoms with E-state index in [1.54, 1.807) is 12.1 Å². The molecule has 3 rings (SSSR count). The first kappa shape index (κ1) is 12.7. The van der Waals surface area contributed by atoms with Crippen molar-refractivity contribution < 1.29 is 8.78 Å². The normalized spacial score (nSPS) is 10.7. The summed E-state index contributed by atoms with van der Waals surface area (Å²) in [6.07, 6.45) is 0. The lowest BCUT2D eigenvalue weighted by Crippen LogP contribution is -1.86. The fourth-order valence-corrected chi connectivity index (χ4v) is 2.70. The Balaban J connectivity index is 1.99. The maximum Gasteiger partial charge on any atom is 0.136 e. The van der Waals surface area contributed by atoms with Crippen molar-refractivity contribution in [1.82, 2.24) is 4.98 Å². The second kappa shape index (κ2) is 5.02. The van der Waals surface area contributed by atoms with Gasteiger partial charge >= 0.3 is 0 Å². The molecule has 2 aromatic carbocycles. The van der Waals surface area contributed by atoms with E-state index in [1.165, 1.54) is 23.5 Å². The molecule has 1 heterocycles. The molecule has 20 heavy (non-hydrogen) atoms. The van der Waals surface area contributed by atoms with E-state index in [9.17, 15) is 8.78 Å². The molecule has 0 aliphatic heterocycles. The van der Waals surface area contributed by atoms with Gasteiger partial charge in [-0.05, 0) is 24.3 Å². The summed E-state index contributed by atoms with van der Waals surface area (Å²) < 4.78 is 26.6. The minimum atomic E-state index is -0.608. The van der Waals surface area contributed by atoms with Crippen LogP contribution in [0, 0.1) is 11.6 Å². The molecule has 0 unspecified atom stereocenters. The van der Waals surface area contributed by atoms with Crippen molar-refractivity contribution in [3.8, 4) is 21.8 Å². The molecule has 0 saturated heterocycles. The highest BCUT2D eigenvalue weighted by molar-refractivity contribution is 7.13. The molecule has 3 aromatic rings. The second-order valence-corrected chi connectivity index (χ2v) is 5.14. The Labute approximate surface area is 118 Å². The molecule has 2 N–H and O–H groups in total. The van der Waals surface area contributed by atoms with Crippen LogP contribution in [0.5, 0.6) is 0 Å². The van der Waals surface area contributed by atoms with Crippen LogP contribution in [0.3, 0.4) is 0 Å². The largest absolute Gasteiger partial charge is 0.399 e. The molecule has 0 aliphatic carbocycles. The molecule has 0 bridgehead atoms. The highest BCUT2D eigenvalue weighted by Crippen LogP contribution is 2.30. The third-order valence-electron chi connectivity index (χ3n) is 2.87. The lowest BCUT2D eigenvalue weighted by Gasteiger charge is -1.99. The smallest absolute Gasteiger partial charge is 0.136 e. The maximum atomic E-state index is 13.7. The SMILES string of the molecule is Nc1ccc(-c2csc(-c3ccc(F)cc3F)n2)cc1. The summed E-state index contributed by atoms with van der Waals surface area (Å²) in [5.41, 5.74) is 8.26. The van der Waals surface area contributed by atoms with E-state index < -0.39 is 11.6 Å². The van der Waals surface area contributed by atoms with E-state index in [4.69, 9.17) is 5.73 Å². The number of nitrogens with two attached hydrogens (primary N) is 1. The van der Waals surface area contributed by atoms with Gasteiger partial charge in [-0.15, -0.1) is 11.3 Å². The predicted octanol–water partition coefficient (Wildman–Crippen LogP) is 4.34. The first-order chi connectivity index (χ1) is 9.63. The van der Waals surface area contributed by atoms with Gasteiger partial charge in [0.05, 0.1) is 5.69 Å².